The molecule has 0 spiro atoms. The summed E-state index contributed by atoms with van der Waals surface area (Å²) in [6, 6.07) is 0.799. The van der Waals surface area contributed by atoms with Gasteiger partial charge in [0.25, 0.3) is 0 Å². The van der Waals surface area contributed by atoms with E-state index in [0.29, 0.717) is 0 Å². The molecule has 3 heterocycles. The summed E-state index contributed by atoms with van der Waals surface area (Å²) in [5, 5.41) is 3.87. The molecule has 2 nitrogen and oxygen atoms in total. The van der Waals surface area contributed by atoms with Gasteiger partial charge in [-0.2, -0.15) is 0 Å². The van der Waals surface area contributed by atoms with Gasteiger partial charge < -0.3 is 10.2 Å². The largest absolute Gasteiger partial charge is 0.312 e. The Morgan fingerprint density at radius 1 is 1.24 bits per heavy atom. The molecule has 100 valence electrons. The van der Waals surface area contributed by atoms with E-state index in [9.17, 15) is 0 Å². The minimum Gasteiger partial charge on any atom is -0.312 e. The molecule has 17 heavy (non-hydrogen) atoms. The number of hydrogen-bond donors (Lipinski definition) is 1. The Hall–Kier alpha value is -0.0800. The molecule has 0 saturated carbocycles. The van der Waals surface area contributed by atoms with Crippen LogP contribution >= 0.6 is 0 Å². The van der Waals surface area contributed by atoms with Crippen molar-refractivity contribution >= 4 is 0 Å². The maximum Gasteiger partial charge on any atom is 0.0224 e. The van der Waals surface area contributed by atoms with Crippen LogP contribution in [-0.4, -0.2) is 37.1 Å². The number of piperidine rings is 3. The van der Waals surface area contributed by atoms with E-state index in [-0.39, 0.29) is 0 Å². The second-order valence-corrected chi connectivity index (χ2v) is 6.07. The molecule has 1 N–H and O–H groups in total. The van der Waals surface area contributed by atoms with E-state index in [4.69, 9.17) is 0 Å². The van der Waals surface area contributed by atoms with E-state index in [2.05, 4.69) is 24.1 Å². The molecule has 2 heteroatoms. The van der Waals surface area contributed by atoms with Gasteiger partial charge >= 0.3 is 0 Å². The highest BCUT2D eigenvalue weighted by atomic mass is 15.2. The van der Waals surface area contributed by atoms with E-state index in [1.807, 2.05) is 0 Å². The van der Waals surface area contributed by atoms with E-state index in [1.54, 1.807) is 0 Å². The van der Waals surface area contributed by atoms with Crippen molar-refractivity contribution in [1.29, 1.82) is 0 Å². The second kappa shape index (κ2) is 6.75. The SMILES string of the molecule is CCCCC(CC)CNC1CN2CCC1CC2. The molecule has 2 atom stereocenters. The average molecular weight is 238 g/mol. The van der Waals surface area contributed by atoms with Crippen LogP contribution in [0.1, 0.15) is 52.4 Å². The van der Waals surface area contributed by atoms with Crippen molar-refractivity contribution in [2.75, 3.05) is 26.2 Å². The summed E-state index contributed by atoms with van der Waals surface area (Å²) in [4.78, 5) is 2.64. The standard InChI is InChI=1S/C15H30N2/c1-3-5-6-13(4-2)11-16-15-12-17-9-7-14(15)8-10-17/h13-16H,3-12H2,1-2H3. The van der Waals surface area contributed by atoms with Crippen LogP contribution in [0.4, 0.5) is 0 Å². The zero-order chi connectivity index (χ0) is 12.1. The summed E-state index contributed by atoms with van der Waals surface area (Å²) in [5.41, 5.74) is 0. The minimum absolute atomic E-state index is 0.799. The number of unbranched alkanes of at least 4 members (excludes halogenated alkanes) is 1. The average Bonchev–Trinajstić information content (AvgIpc) is 2.40. The Morgan fingerprint density at radius 3 is 2.53 bits per heavy atom. The molecule has 3 saturated heterocycles. The summed E-state index contributed by atoms with van der Waals surface area (Å²) in [7, 11) is 0. The summed E-state index contributed by atoms with van der Waals surface area (Å²) >= 11 is 0. The highest BCUT2D eigenvalue weighted by Gasteiger charge is 2.33. The Labute approximate surface area is 107 Å². The first kappa shape index (κ1) is 13.4. The van der Waals surface area contributed by atoms with Crippen LogP contribution in [0.25, 0.3) is 0 Å². The summed E-state index contributed by atoms with van der Waals surface area (Å²) in [6.45, 7) is 9.93. The quantitative estimate of drug-likeness (QED) is 0.733. The van der Waals surface area contributed by atoms with Crippen LogP contribution in [0, 0.1) is 11.8 Å². The predicted molar refractivity (Wildman–Crippen MR) is 74.3 cm³/mol. The molecule has 0 radical (unpaired) electrons. The lowest BCUT2D eigenvalue weighted by atomic mass is 9.83. The maximum atomic E-state index is 3.87. The van der Waals surface area contributed by atoms with Gasteiger partial charge in [0.15, 0.2) is 0 Å². The Morgan fingerprint density at radius 2 is 2.00 bits per heavy atom. The molecule has 0 aromatic rings. The predicted octanol–water partition coefficient (Wildman–Crippen LogP) is 2.89. The van der Waals surface area contributed by atoms with Crippen LogP contribution < -0.4 is 5.32 Å². The molecule has 3 fully saturated rings. The maximum absolute atomic E-state index is 3.87. The molecule has 3 aliphatic heterocycles. The van der Waals surface area contributed by atoms with Gasteiger partial charge in [-0.25, -0.2) is 0 Å². The third kappa shape index (κ3) is 3.69. The molecule has 0 aromatic carbocycles. The lowest BCUT2D eigenvalue weighted by molar-refractivity contribution is 0.0704. The number of hydrogen-bond acceptors (Lipinski definition) is 2. The molecule has 3 aliphatic rings. The van der Waals surface area contributed by atoms with Crippen molar-refractivity contribution in [1.82, 2.24) is 10.2 Å². The van der Waals surface area contributed by atoms with Gasteiger partial charge in [-0.15, -0.1) is 0 Å². The first-order chi connectivity index (χ1) is 8.33. The van der Waals surface area contributed by atoms with Crippen molar-refractivity contribution in [3.8, 4) is 0 Å². The van der Waals surface area contributed by atoms with Gasteiger partial charge in [0.1, 0.15) is 0 Å². The highest BCUT2D eigenvalue weighted by Crippen LogP contribution is 2.27. The molecule has 0 aromatic heterocycles. The van der Waals surface area contributed by atoms with Gasteiger partial charge in [-0.3, -0.25) is 0 Å². The van der Waals surface area contributed by atoms with Crippen molar-refractivity contribution in [3.63, 3.8) is 0 Å². The van der Waals surface area contributed by atoms with Gasteiger partial charge in [-0.05, 0) is 50.7 Å². The topological polar surface area (TPSA) is 15.3 Å². The van der Waals surface area contributed by atoms with Crippen LogP contribution in [0.5, 0.6) is 0 Å². The third-order valence-corrected chi connectivity index (χ3v) is 4.87. The van der Waals surface area contributed by atoms with Gasteiger partial charge in [0.2, 0.25) is 0 Å². The Kier molecular flexibility index (Phi) is 5.30. The fourth-order valence-corrected chi connectivity index (χ4v) is 3.46. The summed E-state index contributed by atoms with van der Waals surface area (Å²) in [5.74, 6) is 1.88. The molecule has 3 rings (SSSR count). The van der Waals surface area contributed by atoms with Crippen molar-refractivity contribution in [3.05, 3.63) is 0 Å². The second-order valence-electron chi connectivity index (χ2n) is 6.07. The lowest BCUT2D eigenvalue weighted by Crippen LogP contribution is -2.56. The normalized spacial score (nSPS) is 33.9. The van der Waals surface area contributed by atoms with Gasteiger partial charge in [-0.1, -0.05) is 33.1 Å². The van der Waals surface area contributed by atoms with Crippen molar-refractivity contribution in [2.45, 2.75) is 58.4 Å². The number of rotatable bonds is 7. The molecule has 2 unspecified atom stereocenters. The molecule has 0 aliphatic carbocycles. The first-order valence-corrected chi connectivity index (χ1v) is 7.79. The van der Waals surface area contributed by atoms with E-state index < -0.39 is 0 Å². The first-order valence-electron chi connectivity index (χ1n) is 7.79. The smallest absolute Gasteiger partial charge is 0.0224 e. The van der Waals surface area contributed by atoms with E-state index in [1.165, 1.54) is 64.7 Å². The van der Waals surface area contributed by atoms with Crippen LogP contribution in [0.2, 0.25) is 0 Å². The Balaban J connectivity index is 1.69. The number of nitrogens with one attached hydrogen (secondary N) is 1. The number of fused-ring (bicyclic) bond motifs is 3. The molecular weight excluding hydrogens is 208 g/mol. The molecule has 0 amide bonds. The van der Waals surface area contributed by atoms with E-state index in [0.717, 1.165) is 17.9 Å². The summed E-state index contributed by atoms with van der Waals surface area (Å²) in [6.07, 6.45) is 8.37. The Bertz CT molecular complexity index is 209. The van der Waals surface area contributed by atoms with Gasteiger partial charge in [0.05, 0.1) is 0 Å². The van der Waals surface area contributed by atoms with Gasteiger partial charge in [0, 0.05) is 12.6 Å². The van der Waals surface area contributed by atoms with Crippen molar-refractivity contribution in [2.24, 2.45) is 11.8 Å². The van der Waals surface area contributed by atoms with E-state index >= 15 is 0 Å². The van der Waals surface area contributed by atoms with Crippen LogP contribution in [-0.2, 0) is 0 Å². The fraction of sp³-hybridized carbons (Fsp3) is 1.00. The fourth-order valence-electron chi connectivity index (χ4n) is 3.46. The third-order valence-electron chi connectivity index (χ3n) is 4.87. The zero-order valence-electron chi connectivity index (χ0n) is 11.8. The van der Waals surface area contributed by atoms with Crippen LogP contribution in [0.15, 0.2) is 0 Å². The lowest BCUT2D eigenvalue weighted by Gasteiger charge is -2.45. The molecule has 2 bridgehead atoms. The summed E-state index contributed by atoms with van der Waals surface area (Å²) < 4.78 is 0. The monoisotopic (exact) mass is 238 g/mol. The van der Waals surface area contributed by atoms with Crippen LogP contribution in [0.3, 0.4) is 0 Å². The molecular formula is C15H30N2. The number of nitrogens with zero attached hydrogens (tertiary/aromatic N) is 1. The van der Waals surface area contributed by atoms with Crippen molar-refractivity contribution < 1.29 is 0 Å². The zero-order valence-corrected chi connectivity index (χ0v) is 11.8. The minimum atomic E-state index is 0.799. The highest BCUT2D eigenvalue weighted by molar-refractivity contribution is 4.91.